The molecule has 0 aliphatic rings. The van der Waals surface area contributed by atoms with Gasteiger partial charge in [0.25, 0.3) is 0 Å². The second-order valence-corrected chi connectivity index (χ2v) is 7.77. The number of rotatable bonds is 8. The Labute approximate surface area is 187 Å². The van der Waals surface area contributed by atoms with Crippen molar-refractivity contribution < 1.29 is 9.47 Å². The molecule has 0 aliphatic heterocycles. The van der Waals surface area contributed by atoms with Crippen LogP contribution in [0.1, 0.15) is 37.9 Å². The van der Waals surface area contributed by atoms with E-state index in [1.54, 1.807) is 19.5 Å². The topological polar surface area (TPSA) is 87.0 Å². The Kier molecular flexibility index (Phi) is 6.20. The summed E-state index contributed by atoms with van der Waals surface area (Å²) in [7, 11) is 3.54. The average Bonchev–Trinajstić information content (AvgIpc) is 3.15. The van der Waals surface area contributed by atoms with Crippen molar-refractivity contribution in [1.29, 1.82) is 0 Å². The summed E-state index contributed by atoms with van der Waals surface area (Å²) in [5.41, 5.74) is 5.47. The molecule has 8 nitrogen and oxygen atoms in total. The average molecular weight is 433 g/mol. The summed E-state index contributed by atoms with van der Waals surface area (Å²) in [4.78, 5) is 13.5. The Morgan fingerprint density at radius 2 is 1.97 bits per heavy atom. The maximum absolute atomic E-state index is 5.76. The predicted octanol–water partition coefficient (Wildman–Crippen LogP) is 4.57. The molecule has 4 heterocycles. The third-order valence-electron chi connectivity index (χ3n) is 5.19. The van der Waals surface area contributed by atoms with Crippen LogP contribution in [0.15, 0.2) is 42.7 Å². The lowest BCUT2D eigenvalue weighted by Crippen LogP contribution is -2.04. The van der Waals surface area contributed by atoms with Gasteiger partial charge in [-0.2, -0.15) is 5.10 Å². The molecule has 0 radical (unpaired) electrons. The van der Waals surface area contributed by atoms with Gasteiger partial charge in [0.2, 0.25) is 11.8 Å². The largest absolute Gasteiger partial charge is 0.481 e. The first-order valence-electron chi connectivity index (χ1n) is 10.7. The van der Waals surface area contributed by atoms with Crippen LogP contribution in [-0.2, 0) is 13.6 Å². The Bertz CT molecular complexity index is 1230. The van der Waals surface area contributed by atoms with E-state index in [-0.39, 0.29) is 5.92 Å². The molecule has 0 bridgehead atoms. The zero-order valence-electron chi connectivity index (χ0n) is 19.1. The fraction of sp³-hybridized carbons (Fsp3) is 0.333. The number of hydrogen-bond acceptors (Lipinski definition) is 7. The molecular weight excluding hydrogens is 404 g/mol. The van der Waals surface area contributed by atoms with Crippen molar-refractivity contribution >= 4 is 16.7 Å². The lowest BCUT2D eigenvalue weighted by atomic mass is 10.0. The van der Waals surface area contributed by atoms with Gasteiger partial charge in [0.15, 0.2) is 5.65 Å². The molecule has 0 unspecified atom stereocenters. The van der Waals surface area contributed by atoms with Gasteiger partial charge in [-0.15, -0.1) is 0 Å². The van der Waals surface area contributed by atoms with E-state index in [0.29, 0.717) is 24.9 Å². The highest BCUT2D eigenvalue weighted by Crippen LogP contribution is 2.35. The van der Waals surface area contributed by atoms with Crippen molar-refractivity contribution in [1.82, 2.24) is 24.7 Å². The van der Waals surface area contributed by atoms with Crippen LogP contribution in [0.5, 0.6) is 11.8 Å². The molecule has 0 aliphatic carbocycles. The molecule has 0 aromatic carbocycles. The van der Waals surface area contributed by atoms with Gasteiger partial charge in [-0.1, -0.05) is 13.8 Å². The van der Waals surface area contributed by atoms with Crippen molar-refractivity contribution in [3.05, 3.63) is 54.0 Å². The standard InChI is InChI=1S/C24H28N6O2/c1-6-32-24-17(8-7-10-26-24)18-13-19(27-14-16-9-11-25-20(12-16)31-5)21-22(15(2)3)29-30(4)23(21)28-18/h7-13,15H,6,14H2,1-5H3,(H,27,28). The van der Waals surface area contributed by atoms with E-state index < -0.39 is 0 Å². The Morgan fingerprint density at radius 1 is 1.12 bits per heavy atom. The van der Waals surface area contributed by atoms with Gasteiger partial charge in [-0.05, 0) is 42.7 Å². The summed E-state index contributed by atoms with van der Waals surface area (Å²) in [6.07, 6.45) is 3.47. The van der Waals surface area contributed by atoms with Crippen LogP contribution >= 0.6 is 0 Å². The van der Waals surface area contributed by atoms with Gasteiger partial charge in [-0.25, -0.2) is 15.0 Å². The molecule has 0 saturated carbocycles. The first-order chi connectivity index (χ1) is 15.5. The molecule has 0 saturated heterocycles. The number of methoxy groups -OCH3 is 1. The third kappa shape index (κ3) is 4.21. The van der Waals surface area contributed by atoms with Gasteiger partial charge in [0.1, 0.15) is 0 Å². The number of nitrogens with one attached hydrogen (secondary N) is 1. The number of nitrogens with zero attached hydrogens (tertiary/aromatic N) is 5. The van der Waals surface area contributed by atoms with Crippen LogP contribution in [0, 0.1) is 0 Å². The Hall–Kier alpha value is -3.68. The predicted molar refractivity (Wildman–Crippen MR) is 125 cm³/mol. The van der Waals surface area contributed by atoms with Crippen molar-refractivity contribution in [3.63, 3.8) is 0 Å². The molecule has 8 heteroatoms. The summed E-state index contributed by atoms with van der Waals surface area (Å²) in [5.74, 6) is 1.41. The third-order valence-corrected chi connectivity index (χ3v) is 5.19. The fourth-order valence-corrected chi connectivity index (χ4v) is 3.67. The quantitative estimate of drug-likeness (QED) is 0.436. The van der Waals surface area contributed by atoms with E-state index in [2.05, 4.69) is 29.1 Å². The van der Waals surface area contributed by atoms with Crippen LogP contribution in [0.3, 0.4) is 0 Å². The minimum absolute atomic E-state index is 0.255. The molecule has 4 aromatic heterocycles. The lowest BCUT2D eigenvalue weighted by molar-refractivity contribution is 0.328. The van der Waals surface area contributed by atoms with Crippen LogP contribution in [0.2, 0.25) is 0 Å². The van der Waals surface area contributed by atoms with Crippen LogP contribution in [0.25, 0.3) is 22.3 Å². The van der Waals surface area contributed by atoms with Crippen molar-refractivity contribution in [2.45, 2.75) is 33.2 Å². The molecule has 4 rings (SSSR count). The first-order valence-corrected chi connectivity index (χ1v) is 10.7. The maximum Gasteiger partial charge on any atom is 0.222 e. The van der Waals surface area contributed by atoms with Crippen LogP contribution in [0.4, 0.5) is 5.69 Å². The number of hydrogen-bond donors (Lipinski definition) is 1. The smallest absolute Gasteiger partial charge is 0.222 e. The van der Waals surface area contributed by atoms with Gasteiger partial charge < -0.3 is 14.8 Å². The first kappa shape index (κ1) is 21.5. The van der Waals surface area contributed by atoms with E-state index in [1.165, 1.54) is 0 Å². The van der Waals surface area contributed by atoms with Gasteiger partial charge in [0, 0.05) is 37.7 Å². The molecule has 1 N–H and O–H groups in total. The number of aromatic nitrogens is 5. The molecular formula is C24H28N6O2. The van der Waals surface area contributed by atoms with Crippen molar-refractivity contribution in [2.24, 2.45) is 7.05 Å². The number of anilines is 1. The summed E-state index contributed by atoms with van der Waals surface area (Å²) in [5, 5.41) is 9.37. The second-order valence-electron chi connectivity index (χ2n) is 7.77. The molecule has 4 aromatic rings. The SMILES string of the molecule is CCOc1ncccc1-c1cc(NCc2ccnc(OC)c2)c2c(C(C)C)nn(C)c2n1. The molecule has 0 amide bonds. The van der Waals surface area contributed by atoms with Crippen LogP contribution in [-0.4, -0.2) is 38.4 Å². The van der Waals surface area contributed by atoms with E-state index in [0.717, 1.165) is 39.2 Å². The van der Waals surface area contributed by atoms with Crippen molar-refractivity contribution in [2.75, 3.05) is 19.0 Å². The number of ether oxygens (including phenoxy) is 2. The molecule has 166 valence electrons. The molecule has 0 spiro atoms. The van der Waals surface area contributed by atoms with Gasteiger partial charge >= 0.3 is 0 Å². The number of pyridine rings is 3. The maximum atomic E-state index is 5.76. The summed E-state index contributed by atoms with van der Waals surface area (Å²) >= 11 is 0. The van der Waals surface area contributed by atoms with E-state index in [9.17, 15) is 0 Å². The summed E-state index contributed by atoms with van der Waals surface area (Å²) in [6.45, 7) is 7.36. The molecule has 0 fully saturated rings. The highest BCUT2D eigenvalue weighted by Gasteiger charge is 2.20. The monoisotopic (exact) mass is 432 g/mol. The highest BCUT2D eigenvalue weighted by atomic mass is 16.5. The number of fused-ring (bicyclic) bond motifs is 1. The van der Waals surface area contributed by atoms with E-state index in [4.69, 9.17) is 19.6 Å². The van der Waals surface area contributed by atoms with Gasteiger partial charge in [0.05, 0.1) is 36.1 Å². The van der Waals surface area contributed by atoms with Crippen molar-refractivity contribution in [3.8, 4) is 23.0 Å². The fourth-order valence-electron chi connectivity index (χ4n) is 3.67. The second kappa shape index (κ2) is 9.21. The van der Waals surface area contributed by atoms with Gasteiger partial charge in [-0.3, -0.25) is 4.68 Å². The zero-order valence-corrected chi connectivity index (χ0v) is 19.1. The summed E-state index contributed by atoms with van der Waals surface area (Å²) in [6, 6.07) is 9.81. The van der Waals surface area contributed by atoms with E-state index in [1.807, 2.05) is 49.0 Å². The zero-order chi connectivity index (χ0) is 22.7. The highest BCUT2D eigenvalue weighted by molar-refractivity contribution is 5.94. The normalized spacial score (nSPS) is 11.2. The minimum Gasteiger partial charge on any atom is -0.481 e. The Morgan fingerprint density at radius 3 is 2.72 bits per heavy atom. The van der Waals surface area contributed by atoms with Crippen LogP contribution < -0.4 is 14.8 Å². The van der Waals surface area contributed by atoms with E-state index >= 15 is 0 Å². The molecule has 32 heavy (non-hydrogen) atoms. The summed E-state index contributed by atoms with van der Waals surface area (Å²) < 4.78 is 12.9. The number of aryl methyl sites for hydroxylation is 1. The molecule has 0 atom stereocenters. The Balaban J connectivity index is 1.83. The lowest BCUT2D eigenvalue weighted by Gasteiger charge is -2.14. The minimum atomic E-state index is 0.255.